The minimum atomic E-state index is -1.23. The summed E-state index contributed by atoms with van der Waals surface area (Å²) in [5, 5.41) is 18.5. The maximum Gasteiger partial charge on any atom is 0.346 e. The fourth-order valence-corrected chi connectivity index (χ4v) is 1.09. The lowest BCUT2D eigenvalue weighted by atomic mass is 10.2. The highest BCUT2D eigenvalue weighted by Gasteiger charge is 2.05. The van der Waals surface area contributed by atoms with Crippen molar-refractivity contribution in [1.82, 2.24) is 4.98 Å². The summed E-state index contributed by atoms with van der Waals surface area (Å²) in [5.41, 5.74) is 1.77. The molecule has 0 aliphatic carbocycles. The molecule has 1 rings (SSSR count). The number of aromatic nitrogens is 1. The third-order valence-corrected chi connectivity index (χ3v) is 1.70. The van der Waals surface area contributed by atoms with Gasteiger partial charge in [0.2, 0.25) is 0 Å². The molecule has 0 fully saturated rings. The average molecular weight is 180 g/mol. The van der Waals surface area contributed by atoms with Crippen molar-refractivity contribution >= 4 is 23.4 Å². The van der Waals surface area contributed by atoms with Crippen LogP contribution in [0.15, 0.2) is 16.5 Å². The van der Waals surface area contributed by atoms with E-state index in [9.17, 15) is 4.79 Å². The van der Waals surface area contributed by atoms with Crippen LogP contribution in [0.5, 0.6) is 0 Å². The van der Waals surface area contributed by atoms with Gasteiger partial charge in [0.1, 0.15) is 11.6 Å². The Morgan fingerprint density at radius 1 is 1.83 bits per heavy atom. The molecule has 0 aliphatic heterocycles. The Morgan fingerprint density at radius 2 is 2.58 bits per heavy atom. The fraction of sp³-hybridized carbons (Fsp3) is 0. The number of carbonyl (C=O) groups is 1. The number of carboxylic acid groups (broad SMARTS) is 1. The molecule has 0 saturated heterocycles. The number of thiazole rings is 1. The number of nitriles is 1. The second-order valence-corrected chi connectivity index (χ2v) is 2.61. The minimum Gasteiger partial charge on any atom is -0.477 e. The molecule has 1 aromatic heterocycles. The van der Waals surface area contributed by atoms with Crippen molar-refractivity contribution in [2.75, 3.05) is 0 Å². The van der Waals surface area contributed by atoms with Gasteiger partial charge in [-0.15, -0.1) is 11.3 Å². The molecular formula is C7H4N2O2S. The lowest BCUT2D eigenvalue weighted by Crippen LogP contribution is -1.97. The molecule has 1 heterocycles. The van der Waals surface area contributed by atoms with Crippen LogP contribution in [0.25, 0.3) is 6.08 Å². The summed E-state index contributed by atoms with van der Waals surface area (Å²) >= 11 is 1.35. The van der Waals surface area contributed by atoms with Crippen molar-refractivity contribution < 1.29 is 9.90 Å². The summed E-state index contributed by atoms with van der Waals surface area (Å²) in [6, 6.07) is 1.57. The lowest BCUT2D eigenvalue weighted by molar-refractivity contribution is -0.132. The van der Waals surface area contributed by atoms with Crippen molar-refractivity contribution in [1.29, 1.82) is 5.26 Å². The van der Waals surface area contributed by atoms with Crippen LogP contribution in [0.2, 0.25) is 0 Å². The molecule has 0 spiro atoms. The number of hydrogen-bond donors (Lipinski definition) is 1. The highest BCUT2D eigenvalue weighted by molar-refractivity contribution is 7.07. The summed E-state index contributed by atoms with van der Waals surface area (Å²) in [7, 11) is 0. The SMILES string of the molecule is N#CC(=Cc1cscn1)C(=O)O. The van der Waals surface area contributed by atoms with E-state index in [4.69, 9.17) is 10.4 Å². The van der Waals surface area contributed by atoms with E-state index in [1.54, 1.807) is 17.0 Å². The molecule has 1 N–H and O–H groups in total. The van der Waals surface area contributed by atoms with E-state index in [1.165, 1.54) is 17.4 Å². The molecule has 0 aromatic carbocycles. The molecule has 1 aromatic rings. The first kappa shape index (κ1) is 8.43. The van der Waals surface area contributed by atoms with E-state index in [0.29, 0.717) is 5.69 Å². The summed E-state index contributed by atoms with van der Waals surface area (Å²) in [4.78, 5) is 14.2. The molecule has 0 atom stereocenters. The molecule has 0 aliphatic rings. The van der Waals surface area contributed by atoms with Gasteiger partial charge in [-0.2, -0.15) is 5.26 Å². The Morgan fingerprint density at radius 3 is 3.00 bits per heavy atom. The van der Waals surface area contributed by atoms with E-state index in [2.05, 4.69) is 4.98 Å². The maximum absolute atomic E-state index is 10.3. The molecule has 0 amide bonds. The number of aliphatic carboxylic acids is 1. The van der Waals surface area contributed by atoms with Crippen LogP contribution in [0.1, 0.15) is 5.69 Å². The standard InChI is InChI=1S/C7H4N2O2S/c8-2-5(7(10)11)1-6-3-12-4-9-6/h1,3-4H,(H,10,11). The summed E-state index contributed by atoms with van der Waals surface area (Å²) < 4.78 is 0. The van der Waals surface area contributed by atoms with Gasteiger partial charge in [-0.05, 0) is 6.08 Å². The number of nitrogens with zero attached hydrogens (tertiary/aromatic N) is 2. The first-order valence-electron chi connectivity index (χ1n) is 2.97. The number of hydrogen-bond acceptors (Lipinski definition) is 4. The van der Waals surface area contributed by atoms with Crippen LogP contribution in [0.4, 0.5) is 0 Å². The average Bonchev–Trinajstić information content (AvgIpc) is 2.51. The van der Waals surface area contributed by atoms with E-state index < -0.39 is 5.97 Å². The van der Waals surface area contributed by atoms with Crippen molar-refractivity contribution in [3.05, 3.63) is 22.2 Å². The Hall–Kier alpha value is -1.67. The summed E-state index contributed by atoms with van der Waals surface area (Å²) in [6.07, 6.45) is 1.23. The lowest BCUT2D eigenvalue weighted by Gasteiger charge is -1.86. The van der Waals surface area contributed by atoms with Crippen LogP contribution in [0, 0.1) is 11.3 Å². The van der Waals surface area contributed by atoms with Gasteiger partial charge in [0.05, 0.1) is 11.2 Å². The number of rotatable bonds is 2. The predicted molar refractivity (Wildman–Crippen MR) is 43.3 cm³/mol. The quantitative estimate of drug-likeness (QED) is 0.547. The molecule has 5 heteroatoms. The zero-order valence-electron chi connectivity index (χ0n) is 5.89. The van der Waals surface area contributed by atoms with Gasteiger partial charge in [-0.25, -0.2) is 9.78 Å². The topological polar surface area (TPSA) is 74.0 Å². The first-order valence-corrected chi connectivity index (χ1v) is 3.91. The largest absolute Gasteiger partial charge is 0.477 e. The number of carboxylic acids is 1. The van der Waals surface area contributed by atoms with Crippen molar-refractivity contribution in [3.63, 3.8) is 0 Å². The monoisotopic (exact) mass is 180 g/mol. The van der Waals surface area contributed by atoms with Crippen molar-refractivity contribution in [2.24, 2.45) is 0 Å². The van der Waals surface area contributed by atoms with Gasteiger partial charge in [-0.1, -0.05) is 0 Å². The van der Waals surface area contributed by atoms with Crippen molar-refractivity contribution in [3.8, 4) is 6.07 Å². The Bertz CT molecular complexity index is 348. The van der Waals surface area contributed by atoms with Gasteiger partial charge < -0.3 is 5.11 Å². The third-order valence-electron chi connectivity index (χ3n) is 1.09. The van der Waals surface area contributed by atoms with E-state index >= 15 is 0 Å². The molecule has 0 unspecified atom stereocenters. The minimum absolute atomic E-state index is 0.305. The zero-order chi connectivity index (χ0) is 8.97. The summed E-state index contributed by atoms with van der Waals surface area (Å²) in [5.74, 6) is -1.23. The molecule has 0 saturated carbocycles. The Kier molecular flexibility index (Phi) is 2.56. The molecule has 60 valence electrons. The highest BCUT2D eigenvalue weighted by Crippen LogP contribution is 2.06. The highest BCUT2D eigenvalue weighted by atomic mass is 32.1. The smallest absolute Gasteiger partial charge is 0.346 e. The molecule has 12 heavy (non-hydrogen) atoms. The van der Waals surface area contributed by atoms with E-state index in [-0.39, 0.29) is 5.57 Å². The maximum atomic E-state index is 10.3. The fourth-order valence-electron chi connectivity index (χ4n) is 0.583. The van der Waals surface area contributed by atoms with Crippen molar-refractivity contribution in [2.45, 2.75) is 0 Å². The first-order chi connectivity index (χ1) is 5.74. The zero-order valence-corrected chi connectivity index (χ0v) is 6.71. The van der Waals surface area contributed by atoms with Crippen LogP contribution < -0.4 is 0 Å². The molecule has 0 radical (unpaired) electrons. The van der Waals surface area contributed by atoms with Crippen LogP contribution in [-0.4, -0.2) is 16.1 Å². The van der Waals surface area contributed by atoms with E-state index in [1.807, 2.05) is 0 Å². The normalized spacial score (nSPS) is 10.8. The van der Waals surface area contributed by atoms with E-state index in [0.717, 1.165) is 0 Å². The molecule has 4 nitrogen and oxygen atoms in total. The van der Waals surface area contributed by atoms with Gasteiger partial charge in [0, 0.05) is 5.38 Å². The van der Waals surface area contributed by atoms with Crippen LogP contribution in [0.3, 0.4) is 0 Å². The molecular weight excluding hydrogens is 176 g/mol. The predicted octanol–water partition coefficient (Wildman–Crippen LogP) is 1.13. The van der Waals surface area contributed by atoms with Gasteiger partial charge in [0.15, 0.2) is 0 Å². The van der Waals surface area contributed by atoms with Gasteiger partial charge in [0.25, 0.3) is 0 Å². The third kappa shape index (κ3) is 1.90. The van der Waals surface area contributed by atoms with Crippen LogP contribution in [-0.2, 0) is 4.79 Å². The Balaban J connectivity index is 2.95. The second kappa shape index (κ2) is 3.64. The van der Waals surface area contributed by atoms with Gasteiger partial charge in [-0.3, -0.25) is 0 Å². The second-order valence-electron chi connectivity index (χ2n) is 1.89. The van der Waals surface area contributed by atoms with Crippen LogP contribution >= 0.6 is 11.3 Å². The Labute approximate surface area is 72.4 Å². The van der Waals surface area contributed by atoms with Gasteiger partial charge >= 0.3 is 5.97 Å². The summed E-state index contributed by atoms with van der Waals surface area (Å²) in [6.45, 7) is 0. The molecule has 0 bridgehead atoms.